The fraction of sp³-hybridized carbons (Fsp3) is 0.571. The smallest absolute Gasteiger partial charge is 0.119 e. The second kappa shape index (κ2) is 8.09. The Morgan fingerprint density at radius 3 is 2.88 bits per heavy atom. The van der Waals surface area contributed by atoms with Crippen molar-refractivity contribution in [1.82, 2.24) is 5.32 Å². The SMILES string of the molecule is CCOc1cccc(CNCCC(O)CC)c1. The van der Waals surface area contributed by atoms with Gasteiger partial charge >= 0.3 is 0 Å². The van der Waals surface area contributed by atoms with Crippen LogP contribution in [0.5, 0.6) is 5.75 Å². The van der Waals surface area contributed by atoms with Crippen LogP contribution in [0.25, 0.3) is 0 Å². The number of aliphatic hydroxyl groups is 1. The Labute approximate surface area is 104 Å². The Morgan fingerprint density at radius 1 is 1.35 bits per heavy atom. The topological polar surface area (TPSA) is 41.5 Å². The van der Waals surface area contributed by atoms with Crippen LogP contribution in [-0.2, 0) is 6.54 Å². The standard InChI is InChI=1S/C14H23NO2/c1-3-13(16)8-9-15-11-12-6-5-7-14(10-12)17-4-2/h5-7,10,13,15-16H,3-4,8-9,11H2,1-2H3. The summed E-state index contributed by atoms with van der Waals surface area (Å²) >= 11 is 0. The molecule has 1 aromatic carbocycles. The second-order valence-corrected chi connectivity index (χ2v) is 4.11. The molecule has 0 aliphatic heterocycles. The number of hydrogen-bond acceptors (Lipinski definition) is 3. The van der Waals surface area contributed by atoms with Crippen LogP contribution < -0.4 is 10.1 Å². The first-order valence-corrected chi connectivity index (χ1v) is 6.36. The number of hydrogen-bond donors (Lipinski definition) is 2. The average Bonchev–Trinajstić information content (AvgIpc) is 2.35. The first-order chi connectivity index (χ1) is 8.26. The van der Waals surface area contributed by atoms with E-state index in [2.05, 4.69) is 11.4 Å². The third kappa shape index (κ3) is 5.71. The van der Waals surface area contributed by atoms with Gasteiger partial charge in [0.05, 0.1) is 12.7 Å². The molecular weight excluding hydrogens is 214 g/mol. The minimum Gasteiger partial charge on any atom is -0.494 e. The van der Waals surface area contributed by atoms with Crippen LogP contribution in [0.15, 0.2) is 24.3 Å². The van der Waals surface area contributed by atoms with E-state index in [9.17, 15) is 5.11 Å². The Kier molecular flexibility index (Phi) is 6.67. The molecular formula is C14H23NO2. The molecule has 2 N–H and O–H groups in total. The third-order valence-corrected chi connectivity index (χ3v) is 2.66. The molecule has 3 heteroatoms. The van der Waals surface area contributed by atoms with Gasteiger partial charge in [0, 0.05) is 6.54 Å². The summed E-state index contributed by atoms with van der Waals surface area (Å²) in [7, 11) is 0. The molecule has 17 heavy (non-hydrogen) atoms. The minimum absolute atomic E-state index is 0.183. The lowest BCUT2D eigenvalue weighted by Crippen LogP contribution is -2.19. The molecule has 0 aromatic heterocycles. The van der Waals surface area contributed by atoms with Gasteiger partial charge in [0.25, 0.3) is 0 Å². The summed E-state index contributed by atoms with van der Waals surface area (Å²) in [6.07, 6.45) is 1.45. The van der Waals surface area contributed by atoms with E-state index < -0.39 is 0 Å². The summed E-state index contributed by atoms with van der Waals surface area (Å²) in [5.41, 5.74) is 1.21. The molecule has 0 aliphatic carbocycles. The Bertz CT molecular complexity index is 315. The van der Waals surface area contributed by atoms with Crippen LogP contribution in [0, 0.1) is 0 Å². The number of benzene rings is 1. The predicted octanol–water partition coefficient (Wildman–Crippen LogP) is 2.34. The molecule has 1 rings (SSSR count). The van der Waals surface area contributed by atoms with Crippen molar-refractivity contribution < 1.29 is 9.84 Å². The van der Waals surface area contributed by atoms with Gasteiger partial charge in [-0.05, 0) is 44.0 Å². The fourth-order valence-electron chi connectivity index (χ4n) is 1.62. The molecule has 3 nitrogen and oxygen atoms in total. The maximum Gasteiger partial charge on any atom is 0.119 e. The lowest BCUT2D eigenvalue weighted by molar-refractivity contribution is 0.159. The van der Waals surface area contributed by atoms with E-state index in [0.29, 0.717) is 6.61 Å². The van der Waals surface area contributed by atoms with E-state index in [1.165, 1.54) is 5.56 Å². The van der Waals surface area contributed by atoms with Crippen molar-refractivity contribution in [2.24, 2.45) is 0 Å². The Hall–Kier alpha value is -1.06. The molecule has 0 saturated heterocycles. The summed E-state index contributed by atoms with van der Waals surface area (Å²) < 4.78 is 5.44. The monoisotopic (exact) mass is 237 g/mol. The molecule has 1 unspecified atom stereocenters. The molecule has 0 aliphatic rings. The normalized spacial score (nSPS) is 12.4. The highest BCUT2D eigenvalue weighted by Gasteiger charge is 2.00. The Balaban J connectivity index is 2.28. The number of rotatable bonds is 8. The molecule has 0 amide bonds. The van der Waals surface area contributed by atoms with Gasteiger partial charge in [0.15, 0.2) is 0 Å². The van der Waals surface area contributed by atoms with E-state index in [4.69, 9.17) is 4.74 Å². The summed E-state index contributed by atoms with van der Waals surface area (Å²) in [5.74, 6) is 0.917. The van der Waals surface area contributed by atoms with Crippen molar-refractivity contribution in [1.29, 1.82) is 0 Å². The maximum atomic E-state index is 9.41. The molecule has 1 aromatic rings. The quantitative estimate of drug-likeness (QED) is 0.682. The largest absolute Gasteiger partial charge is 0.494 e. The molecule has 96 valence electrons. The highest BCUT2D eigenvalue weighted by Crippen LogP contribution is 2.12. The van der Waals surface area contributed by atoms with Crippen LogP contribution in [0.4, 0.5) is 0 Å². The van der Waals surface area contributed by atoms with Gasteiger partial charge in [0.2, 0.25) is 0 Å². The fourth-order valence-corrected chi connectivity index (χ4v) is 1.62. The minimum atomic E-state index is -0.183. The number of aliphatic hydroxyl groups excluding tert-OH is 1. The zero-order valence-corrected chi connectivity index (χ0v) is 10.8. The molecule has 0 bridgehead atoms. The summed E-state index contributed by atoms with van der Waals surface area (Å²) in [5, 5.41) is 12.7. The molecule has 1 atom stereocenters. The van der Waals surface area contributed by atoms with Crippen molar-refractivity contribution in [3.8, 4) is 5.75 Å². The lowest BCUT2D eigenvalue weighted by atomic mass is 10.2. The predicted molar refractivity (Wildman–Crippen MR) is 70.2 cm³/mol. The average molecular weight is 237 g/mol. The van der Waals surface area contributed by atoms with E-state index >= 15 is 0 Å². The van der Waals surface area contributed by atoms with Crippen LogP contribution in [0.2, 0.25) is 0 Å². The molecule has 0 fully saturated rings. The van der Waals surface area contributed by atoms with Crippen LogP contribution >= 0.6 is 0 Å². The van der Waals surface area contributed by atoms with Crippen molar-refractivity contribution >= 4 is 0 Å². The first-order valence-electron chi connectivity index (χ1n) is 6.36. The van der Waals surface area contributed by atoms with Crippen molar-refractivity contribution in [3.05, 3.63) is 29.8 Å². The van der Waals surface area contributed by atoms with Crippen molar-refractivity contribution in [2.75, 3.05) is 13.2 Å². The Morgan fingerprint density at radius 2 is 2.18 bits per heavy atom. The third-order valence-electron chi connectivity index (χ3n) is 2.66. The van der Waals surface area contributed by atoms with Gasteiger partial charge in [-0.2, -0.15) is 0 Å². The van der Waals surface area contributed by atoms with E-state index in [0.717, 1.165) is 31.7 Å². The van der Waals surface area contributed by atoms with Crippen LogP contribution in [-0.4, -0.2) is 24.4 Å². The van der Waals surface area contributed by atoms with E-state index in [1.807, 2.05) is 32.0 Å². The zero-order chi connectivity index (χ0) is 12.5. The van der Waals surface area contributed by atoms with Crippen LogP contribution in [0.3, 0.4) is 0 Å². The summed E-state index contributed by atoms with van der Waals surface area (Å²) in [4.78, 5) is 0. The lowest BCUT2D eigenvalue weighted by Gasteiger charge is -2.09. The number of ether oxygens (including phenoxy) is 1. The van der Waals surface area contributed by atoms with Gasteiger partial charge in [0.1, 0.15) is 5.75 Å². The number of nitrogens with one attached hydrogen (secondary N) is 1. The van der Waals surface area contributed by atoms with Crippen LogP contribution in [0.1, 0.15) is 32.3 Å². The van der Waals surface area contributed by atoms with Gasteiger partial charge in [-0.15, -0.1) is 0 Å². The highest BCUT2D eigenvalue weighted by atomic mass is 16.5. The molecule has 0 radical (unpaired) electrons. The van der Waals surface area contributed by atoms with E-state index in [1.54, 1.807) is 0 Å². The van der Waals surface area contributed by atoms with Gasteiger partial charge in [-0.1, -0.05) is 19.1 Å². The van der Waals surface area contributed by atoms with Gasteiger partial charge < -0.3 is 15.2 Å². The molecule has 0 spiro atoms. The van der Waals surface area contributed by atoms with Gasteiger partial charge in [-0.25, -0.2) is 0 Å². The van der Waals surface area contributed by atoms with Gasteiger partial charge in [-0.3, -0.25) is 0 Å². The molecule has 0 heterocycles. The molecule has 0 saturated carbocycles. The first kappa shape index (κ1) is 14.0. The van der Waals surface area contributed by atoms with Crippen molar-refractivity contribution in [2.45, 2.75) is 39.3 Å². The highest BCUT2D eigenvalue weighted by molar-refractivity contribution is 5.28. The van der Waals surface area contributed by atoms with E-state index in [-0.39, 0.29) is 6.10 Å². The second-order valence-electron chi connectivity index (χ2n) is 4.11. The summed E-state index contributed by atoms with van der Waals surface area (Å²) in [6, 6.07) is 8.09. The summed E-state index contributed by atoms with van der Waals surface area (Å²) in [6.45, 7) is 6.33. The van der Waals surface area contributed by atoms with Crippen molar-refractivity contribution in [3.63, 3.8) is 0 Å². The maximum absolute atomic E-state index is 9.41. The zero-order valence-electron chi connectivity index (χ0n) is 10.8.